The molecule has 1 N–H and O–H groups in total. The molecule has 272 valence electrons. The average molecular weight is 683 g/mol. The maximum Gasteiger partial charge on any atom is 0.296 e. The number of unbranched alkanes of at least 4 members (excludes halogenated alkanes) is 9. The molecule has 0 aliphatic rings. The number of nitrogens with one attached hydrogen (secondary N) is 1. The zero-order valence-electron chi connectivity index (χ0n) is 30.5. The number of methoxy groups -OCH3 is 2. The Balaban J connectivity index is 1.97. The van der Waals surface area contributed by atoms with Crippen molar-refractivity contribution in [1.29, 1.82) is 5.26 Å². The van der Waals surface area contributed by atoms with Gasteiger partial charge in [-0.15, -0.1) is 10.1 Å². The number of rotatable bonds is 26. The van der Waals surface area contributed by atoms with Gasteiger partial charge in [-0.2, -0.15) is 5.26 Å². The number of hydrogen-bond acceptors (Lipinski definition) is 9. The quantitative estimate of drug-likeness (QED) is 0.0450. The second-order valence-electron chi connectivity index (χ2n) is 12.9. The minimum atomic E-state index is -1.07. The number of carbonyl (C=O) groups excluding carboxylic acids is 1. The minimum Gasteiger partial charge on any atom is -0.493 e. The normalized spacial score (nSPS) is 13.5. The standard InChI is InChI=1S/C38H58N4O7/c1-7-8-9-10-11-12-13-14-15-16-24-38(29-39,33-20-23-35(46-5)36(27-33)47-6)25-17-26-41(4)30(2)32-18-21-34(22-19-32)48-28-37(43)40-31(3)49-42(44)45/h18-23,27,30-31H,7-17,24-26,28H2,1-6H3,(H,40,43). The van der Waals surface area contributed by atoms with Crippen LogP contribution < -0.4 is 19.5 Å². The van der Waals surface area contributed by atoms with Crippen LogP contribution in [-0.4, -0.2) is 56.5 Å². The van der Waals surface area contributed by atoms with Crippen LogP contribution in [-0.2, 0) is 15.0 Å². The molecule has 0 fully saturated rings. The number of nitriles is 1. The second kappa shape index (κ2) is 22.6. The third kappa shape index (κ3) is 14.5. The van der Waals surface area contributed by atoms with Gasteiger partial charge in [-0.25, -0.2) is 0 Å². The molecular formula is C38H58N4O7. The molecule has 0 spiro atoms. The van der Waals surface area contributed by atoms with E-state index >= 15 is 0 Å². The molecule has 3 unspecified atom stereocenters. The van der Waals surface area contributed by atoms with Crippen molar-refractivity contribution >= 4 is 5.91 Å². The first-order chi connectivity index (χ1) is 23.6. The molecular weight excluding hydrogens is 624 g/mol. The minimum absolute atomic E-state index is 0.108. The van der Waals surface area contributed by atoms with Crippen LogP contribution in [0.1, 0.15) is 121 Å². The van der Waals surface area contributed by atoms with Gasteiger partial charge in [0.25, 0.3) is 11.0 Å². The fraction of sp³-hybridized carbons (Fsp3) is 0.632. The number of ether oxygens (including phenoxy) is 3. The molecule has 0 aliphatic heterocycles. The highest BCUT2D eigenvalue weighted by Crippen LogP contribution is 2.39. The van der Waals surface area contributed by atoms with E-state index in [4.69, 9.17) is 14.2 Å². The van der Waals surface area contributed by atoms with Crippen molar-refractivity contribution < 1.29 is 28.9 Å². The molecule has 2 aromatic rings. The molecule has 0 heterocycles. The lowest BCUT2D eigenvalue weighted by Crippen LogP contribution is -2.38. The van der Waals surface area contributed by atoms with Crippen molar-refractivity contribution in [3.8, 4) is 23.3 Å². The van der Waals surface area contributed by atoms with Crippen molar-refractivity contribution in [2.24, 2.45) is 0 Å². The third-order valence-electron chi connectivity index (χ3n) is 9.22. The van der Waals surface area contributed by atoms with Crippen LogP contribution >= 0.6 is 0 Å². The van der Waals surface area contributed by atoms with E-state index in [-0.39, 0.29) is 12.6 Å². The summed E-state index contributed by atoms with van der Waals surface area (Å²) >= 11 is 0. The molecule has 11 nitrogen and oxygen atoms in total. The Morgan fingerprint density at radius 3 is 2.08 bits per heavy atom. The monoisotopic (exact) mass is 682 g/mol. The largest absolute Gasteiger partial charge is 0.493 e. The van der Waals surface area contributed by atoms with E-state index in [2.05, 4.69) is 42.0 Å². The number of benzene rings is 2. The Morgan fingerprint density at radius 1 is 0.918 bits per heavy atom. The van der Waals surface area contributed by atoms with Crippen LogP contribution in [0.5, 0.6) is 17.2 Å². The van der Waals surface area contributed by atoms with E-state index < -0.39 is 22.6 Å². The lowest BCUT2D eigenvalue weighted by molar-refractivity contribution is -0.768. The molecule has 0 saturated carbocycles. The highest BCUT2D eigenvalue weighted by atomic mass is 17.0. The Bertz CT molecular complexity index is 1300. The summed E-state index contributed by atoms with van der Waals surface area (Å²) in [7, 11) is 5.33. The molecule has 0 aliphatic carbocycles. The first-order valence-electron chi connectivity index (χ1n) is 17.8. The Labute approximate surface area is 293 Å². The molecule has 2 aromatic carbocycles. The van der Waals surface area contributed by atoms with Crippen LogP contribution in [0.4, 0.5) is 0 Å². The van der Waals surface area contributed by atoms with E-state index in [1.807, 2.05) is 30.3 Å². The Morgan fingerprint density at radius 2 is 1.51 bits per heavy atom. The van der Waals surface area contributed by atoms with E-state index in [0.29, 0.717) is 17.2 Å². The third-order valence-corrected chi connectivity index (χ3v) is 9.22. The molecule has 3 atom stereocenters. The molecule has 49 heavy (non-hydrogen) atoms. The Hall–Kier alpha value is -4.04. The SMILES string of the molecule is CCCCCCCCCCCCC(C#N)(CCCN(C)C(C)c1ccc(OCC(=O)NC(C)O[N+](=O)[O-])cc1)c1ccc(OC)c(OC)c1. The zero-order chi connectivity index (χ0) is 36.1. The summed E-state index contributed by atoms with van der Waals surface area (Å²) in [6.45, 7) is 6.26. The highest BCUT2D eigenvalue weighted by molar-refractivity contribution is 5.77. The maximum atomic E-state index is 12.0. The van der Waals surface area contributed by atoms with Crippen molar-refractivity contribution in [3.63, 3.8) is 0 Å². The van der Waals surface area contributed by atoms with Crippen molar-refractivity contribution in [2.45, 2.75) is 122 Å². The van der Waals surface area contributed by atoms with Gasteiger partial charge < -0.3 is 19.5 Å². The molecule has 0 aromatic heterocycles. The summed E-state index contributed by atoms with van der Waals surface area (Å²) in [5, 5.41) is 22.5. The van der Waals surface area contributed by atoms with E-state index in [1.54, 1.807) is 26.4 Å². The highest BCUT2D eigenvalue weighted by Gasteiger charge is 2.33. The van der Waals surface area contributed by atoms with Crippen LogP contribution in [0.3, 0.4) is 0 Å². The lowest BCUT2D eigenvalue weighted by Gasteiger charge is -2.30. The van der Waals surface area contributed by atoms with Crippen LogP contribution in [0.15, 0.2) is 42.5 Å². The van der Waals surface area contributed by atoms with Gasteiger partial charge in [0.15, 0.2) is 24.3 Å². The first kappa shape index (κ1) is 41.1. The number of carbonyl (C=O) groups is 1. The van der Waals surface area contributed by atoms with Gasteiger partial charge in [0.05, 0.1) is 25.7 Å². The zero-order valence-corrected chi connectivity index (χ0v) is 30.5. The van der Waals surface area contributed by atoms with E-state index in [1.165, 1.54) is 58.3 Å². The number of amides is 1. The molecule has 2 rings (SSSR count). The summed E-state index contributed by atoms with van der Waals surface area (Å²) < 4.78 is 16.6. The van der Waals surface area contributed by atoms with E-state index in [0.717, 1.165) is 49.8 Å². The molecule has 0 radical (unpaired) electrons. The fourth-order valence-corrected chi connectivity index (χ4v) is 6.13. The fourth-order valence-electron chi connectivity index (χ4n) is 6.13. The van der Waals surface area contributed by atoms with Crippen molar-refractivity contribution in [3.05, 3.63) is 63.7 Å². The average Bonchev–Trinajstić information content (AvgIpc) is 3.09. The van der Waals surface area contributed by atoms with Gasteiger partial charge in [0, 0.05) is 6.04 Å². The Kier molecular flexibility index (Phi) is 18.9. The van der Waals surface area contributed by atoms with Crippen LogP contribution in [0.2, 0.25) is 0 Å². The van der Waals surface area contributed by atoms with Gasteiger partial charge in [-0.1, -0.05) is 89.3 Å². The summed E-state index contributed by atoms with van der Waals surface area (Å²) in [6.07, 6.45) is 13.8. The van der Waals surface area contributed by atoms with Gasteiger partial charge in [-0.05, 0) is 82.1 Å². The summed E-state index contributed by atoms with van der Waals surface area (Å²) in [5.74, 6) is 1.28. The smallest absolute Gasteiger partial charge is 0.296 e. The van der Waals surface area contributed by atoms with Gasteiger partial charge in [-0.3, -0.25) is 14.5 Å². The number of nitrogens with zero attached hydrogens (tertiary/aromatic N) is 3. The van der Waals surface area contributed by atoms with Crippen LogP contribution in [0.25, 0.3) is 0 Å². The lowest BCUT2D eigenvalue weighted by atomic mass is 9.74. The predicted molar refractivity (Wildman–Crippen MR) is 191 cm³/mol. The number of hydrogen-bond donors (Lipinski definition) is 1. The van der Waals surface area contributed by atoms with Crippen LogP contribution in [0, 0.1) is 21.4 Å². The van der Waals surface area contributed by atoms with E-state index in [9.17, 15) is 20.2 Å². The first-order valence-corrected chi connectivity index (χ1v) is 17.8. The maximum absolute atomic E-state index is 12.0. The summed E-state index contributed by atoms with van der Waals surface area (Å²) in [4.78, 5) is 28.9. The second-order valence-corrected chi connectivity index (χ2v) is 12.9. The van der Waals surface area contributed by atoms with Crippen molar-refractivity contribution in [2.75, 3.05) is 34.4 Å². The molecule has 1 amide bonds. The topological polar surface area (TPSA) is 136 Å². The summed E-state index contributed by atoms with van der Waals surface area (Å²) in [6, 6.07) is 16.3. The molecule has 0 bridgehead atoms. The van der Waals surface area contributed by atoms with Gasteiger partial charge in [0.2, 0.25) is 0 Å². The van der Waals surface area contributed by atoms with Gasteiger partial charge >= 0.3 is 0 Å². The van der Waals surface area contributed by atoms with Gasteiger partial charge in [0.1, 0.15) is 5.75 Å². The predicted octanol–water partition coefficient (Wildman–Crippen LogP) is 8.30. The van der Waals surface area contributed by atoms with Crippen molar-refractivity contribution in [1.82, 2.24) is 10.2 Å². The molecule has 11 heteroatoms. The summed E-state index contributed by atoms with van der Waals surface area (Å²) in [5.41, 5.74) is 1.44. The molecule has 0 saturated heterocycles.